The Bertz CT molecular complexity index is 621. The first-order chi connectivity index (χ1) is 9.99. The second-order valence-corrected chi connectivity index (χ2v) is 4.32. The fourth-order valence-corrected chi connectivity index (χ4v) is 1.76. The molecule has 2 aromatic rings. The molecule has 0 saturated heterocycles. The lowest BCUT2D eigenvalue weighted by Crippen LogP contribution is -2.18. The number of halogens is 3. The summed E-state index contributed by atoms with van der Waals surface area (Å²) in [6, 6.07) is 14.7. The van der Waals surface area contributed by atoms with Crippen molar-refractivity contribution in [2.24, 2.45) is 0 Å². The number of rotatable bonds is 4. The maximum absolute atomic E-state index is 13.1. The Balaban J connectivity index is 2.33. The summed E-state index contributed by atoms with van der Waals surface area (Å²) in [5, 5.41) is 2.40. The number of allylic oxidation sites excluding steroid dienone is 1. The molecule has 0 radical (unpaired) electrons. The zero-order valence-corrected chi connectivity index (χ0v) is 11.3. The number of hydrogen-bond acceptors (Lipinski definition) is 2. The molecule has 2 nitrogen and oxygen atoms in total. The summed E-state index contributed by atoms with van der Waals surface area (Å²) in [5.41, 5.74) is -0.0453. The highest BCUT2D eigenvalue weighted by molar-refractivity contribution is 5.62. The van der Waals surface area contributed by atoms with Crippen molar-refractivity contribution in [3.8, 4) is 5.75 Å². The second-order valence-electron chi connectivity index (χ2n) is 4.32. The standard InChI is InChI=1S/C16H14F3NO/c1-21-14-9-5-6-12(10-14)11-15(16(17,18)19)20-13-7-3-2-4-8-13/h2-11,20H,1H3. The number of benzene rings is 2. The summed E-state index contributed by atoms with van der Waals surface area (Å²) < 4.78 is 44.3. The van der Waals surface area contributed by atoms with Gasteiger partial charge in [-0.25, -0.2) is 0 Å². The lowest BCUT2D eigenvalue weighted by atomic mass is 10.1. The third kappa shape index (κ3) is 4.27. The number of nitrogens with one attached hydrogen (secondary N) is 1. The van der Waals surface area contributed by atoms with Gasteiger partial charge in [-0.2, -0.15) is 13.2 Å². The van der Waals surface area contributed by atoms with E-state index in [-0.39, 0.29) is 0 Å². The van der Waals surface area contributed by atoms with Gasteiger partial charge in [0, 0.05) is 5.69 Å². The normalized spacial score (nSPS) is 12.1. The number of hydrogen-bond donors (Lipinski definition) is 1. The Morgan fingerprint density at radius 2 is 1.76 bits per heavy atom. The zero-order valence-electron chi connectivity index (χ0n) is 11.3. The van der Waals surface area contributed by atoms with Crippen LogP contribution >= 0.6 is 0 Å². The van der Waals surface area contributed by atoms with E-state index in [9.17, 15) is 13.2 Å². The zero-order chi connectivity index (χ0) is 15.3. The molecule has 0 aliphatic heterocycles. The van der Waals surface area contributed by atoms with Crippen molar-refractivity contribution in [2.75, 3.05) is 12.4 Å². The van der Waals surface area contributed by atoms with Crippen LogP contribution in [0.25, 0.3) is 6.08 Å². The molecule has 2 rings (SSSR count). The van der Waals surface area contributed by atoms with Crippen LogP contribution in [0.2, 0.25) is 0 Å². The Labute approximate surface area is 120 Å². The van der Waals surface area contributed by atoms with Gasteiger partial charge in [0.05, 0.1) is 7.11 Å². The Kier molecular flexibility index (Phi) is 4.52. The van der Waals surface area contributed by atoms with Crippen molar-refractivity contribution in [2.45, 2.75) is 6.18 Å². The molecule has 21 heavy (non-hydrogen) atoms. The molecule has 0 unspecified atom stereocenters. The monoisotopic (exact) mass is 293 g/mol. The molecule has 0 saturated carbocycles. The Hall–Kier alpha value is -2.43. The molecule has 2 aromatic carbocycles. The molecular formula is C16H14F3NO. The molecule has 0 spiro atoms. The fraction of sp³-hybridized carbons (Fsp3) is 0.125. The molecule has 1 N–H and O–H groups in total. The van der Waals surface area contributed by atoms with Crippen LogP contribution in [0, 0.1) is 0 Å². The van der Waals surface area contributed by atoms with E-state index in [1.54, 1.807) is 54.6 Å². The average molecular weight is 293 g/mol. The minimum Gasteiger partial charge on any atom is -0.497 e. The highest BCUT2D eigenvalue weighted by Crippen LogP contribution is 2.29. The van der Waals surface area contributed by atoms with Crippen molar-refractivity contribution in [3.05, 3.63) is 65.9 Å². The molecule has 0 aromatic heterocycles. The minimum absolute atomic E-state index is 0.379. The first-order valence-electron chi connectivity index (χ1n) is 6.24. The topological polar surface area (TPSA) is 21.3 Å². The smallest absolute Gasteiger partial charge is 0.431 e. The van der Waals surface area contributed by atoms with E-state index in [0.717, 1.165) is 6.08 Å². The van der Waals surface area contributed by atoms with E-state index in [0.29, 0.717) is 17.0 Å². The molecule has 0 atom stereocenters. The van der Waals surface area contributed by atoms with Crippen molar-refractivity contribution in [3.63, 3.8) is 0 Å². The summed E-state index contributed by atoms with van der Waals surface area (Å²) >= 11 is 0. The lowest BCUT2D eigenvalue weighted by molar-refractivity contribution is -0.0893. The van der Waals surface area contributed by atoms with Gasteiger partial charge in [0.2, 0.25) is 0 Å². The number of ether oxygens (including phenoxy) is 1. The van der Waals surface area contributed by atoms with Gasteiger partial charge in [0.1, 0.15) is 11.4 Å². The molecule has 0 fully saturated rings. The van der Waals surface area contributed by atoms with E-state index < -0.39 is 11.9 Å². The largest absolute Gasteiger partial charge is 0.497 e. The number of anilines is 1. The predicted molar refractivity (Wildman–Crippen MR) is 77.1 cm³/mol. The van der Waals surface area contributed by atoms with E-state index in [4.69, 9.17) is 4.74 Å². The first-order valence-corrected chi connectivity index (χ1v) is 6.24. The van der Waals surface area contributed by atoms with Gasteiger partial charge in [-0.15, -0.1) is 0 Å². The molecule has 0 aliphatic carbocycles. The first kappa shape index (κ1) is 15.0. The summed E-state index contributed by atoms with van der Waals surface area (Å²) in [5.74, 6) is 0.505. The van der Waals surface area contributed by atoms with Crippen LogP contribution < -0.4 is 10.1 Å². The van der Waals surface area contributed by atoms with E-state index in [2.05, 4.69) is 5.32 Å². The molecule has 110 valence electrons. The average Bonchev–Trinajstić information content (AvgIpc) is 2.47. The van der Waals surface area contributed by atoms with E-state index in [1.807, 2.05) is 0 Å². The van der Waals surface area contributed by atoms with Crippen LogP contribution in [-0.2, 0) is 0 Å². The maximum atomic E-state index is 13.1. The molecule has 0 amide bonds. The van der Waals surface area contributed by atoms with E-state index >= 15 is 0 Å². The second kappa shape index (κ2) is 6.35. The van der Waals surface area contributed by atoms with Gasteiger partial charge in [0.15, 0.2) is 0 Å². The van der Waals surface area contributed by atoms with Crippen LogP contribution in [0.15, 0.2) is 60.3 Å². The molecule has 5 heteroatoms. The van der Waals surface area contributed by atoms with Crippen molar-refractivity contribution >= 4 is 11.8 Å². The van der Waals surface area contributed by atoms with Crippen LogP contribution in [0.5, 0.6) is 5.75 Å². The Morgan fingerprint density at radius 1 is 1.05 bits per heavy atom. The maximum Gasteiger partial charge on any atom is 0.431 e. The minimum atomic E-state index is -4.47. The molecular weight excluding hydrogens is 279 g/mol. The summed E-state index contributed by atoms with van der Waals surface area (Å²) in [4.78, 5) is 0. The van der Waals surface area contributed by atoms with Gasteiger partial charge < -0.3 is 10.1 Å². The third-order valence-electron chi connectivity index (χ3n) is 2.76. The molecule has 0 heterocycles. The van der Waals surface area contributed by atoms with Gasteiger partial charge >= 0.3 is 6.18 Å². The van der Waals surface area contributed by atoms with Gasteiger partial charge in [0.25, 0.3) is 0 Å². The highest BCUT2D eigenvalue weighted by Gasteiger charge is 2.33. The number of para-hydroxylation sites is 1. The third-order valence-corrected chi connectivity index (χ3v) is 2.76. The van der Waals surface area contributed by atoms with Crippen molar-refractivity contribution < 1.29 is 17.9 Å². The van der Waals surface area contributed by atoms with Crippen LogP contribution in [-0.4, -0.2) is 13.3 Å². The molecule has 0 aliphatic rings. The van der Waals surface area contributed by atoms with Gasteiger partial charge in [-0.3, -0.25) is 0 Å². The highest BCUT2D eigenvalue weighted by atomic mass is 19.4. The Morgan fingerprint density at radius 3 is 2.38 bits per heavy atom. The quantitative estimate of drug-likeness (QED) is 0.881. The number of alkyl halides is 3. The SMILES string of the molecule is COc1cccc(C=C(Nc2ccccc2)C(F)(F)F)c1. The van der Waals surface area contributed by atoms with Crippen LogP contribution in [0.4, 0.5) is 18.9 Å². The van der Waals surface area contributed by atoms with Crippen molar-refractivity contribution in [1.82, 2.24) is 0 Å². The van der Waals surface area contributed by atoms with Crippen LogP contribution in [0.1, 0.15) is 5.56 Å². The van der Waals surface area contributed by atoms with Crippen molar-refractivity contribution in [1.29, 1.82) is 0 Å². The van der Waals surface area contributed by atoms with Gasteiger partial charge in [-0.1, -0.05) is 30.3 Å². The fourth-order valence-electron chi connectivity index (χ4n) is 1.76. The predicted octanol–water partition coefficient (Wildman–Crippen LogP) is 4.71. The summed E-state index contributed by atoms with van der Waals surface area (Å²) in [6.45, 7) is 0. The van der Waals surface area contributed by atoms with Crippen LogP contribution in [0.3, 0.4) is 0 Å². The summed E-state index contributed by atoms with van der Waals surface area (Å²) in [6.07, 6.45) is -3.42. The molecule has 0 bridgehead atoms. The van der Waals surface area contributed by atoms with E-state index in [1.165, 1.54) is 7.11 Å². The number of methoxy groups -OCH3 is 1. The van der Waals surface area contributed by atoms with Gasteiger partial charge in [-0.05, 0) is 35.9 Å². The summed E-state index contributed by atoms with van der Waals surface area (Å²) in [7, 11) is 1.47. The lowest BCUT2D eigenvalue weighted by Gasteiger charge is -2.14.